The van der Waals surface area contributed by atoms with Gasteiger partial charge in [0.05, 0.1) is 6.04 Å². The Bertz CT molecular complexity index is 826. The summed E-state index contributed by atoms with van der Waals surface area (Å²) in [6.07, 6.45) is 0. The molecule has 0 bridgehead atoms. The monoisotopic (exact) mass is 395 g/mol. The van der Waals surface area contributed by atoms with Crippen LogP contribution in [0.2, 0.25) is 0 Å². The molecule has 0 unspecified atom stereocenters. The number of nitrogens with one attached hydrogen (secondary N) is 1. The van der Waals surface area contributed by atoms with Crippen LogP contribution in [0.15, 0.2) is 30.3 Å². The van der Waals surface area contributed by atoms with Gasteiger partial charge in [-0.05, 0) is 26.3 Å². The molecule has 1 aliphatic heterocycles. The highest BCUT2D eigenvalue weighted by molar-refractivity contribution is 5.81. The van der Waals surface area contributed by atoms with Crippen LogP contribution in [0.3, 0.4) is 0 Å². The number of hydrogen-bond donors (Lipinski definition) is 1. The summed E-state index contributed by atoms with van der Waals surface area (Å²) in [6, 6.07) is 10.2. The number of benzene rings is 1. The molecule has 0 radical (unpaired) electrons. The molecule has 1 atom stereocenters. The second kappa shape index (κ2) is 9.35. The van der Waals surface area contributed by atoms with Gasteiger partial charge in [0.25, 0.3) is 0 Å². The number of aromatic nitrogens is 2. The average Bonchev–Trinajstić information content (AvgIpc) is 2.72. The Kier molecular flexibility index (Phi) is 6.85. The predicted octanol–water partition coefficient (Wildman–Crippen LogP) is 3.04. The Labute approximate surface area is 174 Å². The lowest BCUT2D eigenvalue weighted by Gasteiger charge is -2.38. The Balaban J connectivity index is 1.53. The fraction of sp³-hybridized carbons (Fsp3) is 0.522. The number of rotatable bonds is 6. The standard InChI is InChI=1S/C23H33N5O/c1-16(2)22-25-18(4)14-21(26-22)28-12-10-27(11-13-28)19(5)23(29)24-15-20-8-6-17(3)7-9-20/h6-9,14,16,19H,10-13,15H2,1-5H3,(H,24,29)/t19-/m0/s1. The van der Waals surface area contributed by atoms with Crippen molar-refractivity contribution in [3.05, 3.63) is 53.0 Å². The highest BCUT2D eigenvalue weighted by atomic mass is 16.2. The summed E-state index contributed by atoms with van der Waals surface area (Å²) < 4.78 is 0. The van der Waals surface area contributed by atoms with E-state index in [1.54, 1.807) is 0 Å². The van der Waals surface area contributed by atoms with Crippen LogP contribution in [0.25, 0.3) is 0 Å². The van der Waals surface area contributed by atoms with Gasteiger partial charge in [-0.25, -0.2) is 9.97 Å². The zero-order valence-corrected chi connectivity index (χ0v) is 18.3. The van der Waals surface area contributed by atoms with Crippen LogP contribution in [0.4, 0.5) is 5.82 Å². The molecule has 1 saturated heterocycles. The van der Waals surface area contributed by atoms with Gasteiger partial charge in [-0.15, -0.1) is 0 Å². The van der Waals surface area contributed by atoms with Gasteiger partial charge < -0.3 is 10.2 Å². The predicted molar refractivity (Wildman–Crippen MR) is 117 cm³/mol. The van der Waals surface area contributed by atoms with Gasteiger partial charge in [0, 0.05) is 50.4 Å². The Morgan fingerprint density at radius 3 is 2.31 bits per heavy atom. The Hall–Kier alpha value is -2.47. The van der Waals surface area contributed by atoms with E-state index in [9.17, 15) is 4.79 Å². The summed E-state index contributed by atoms with van der Waals surface area (Å²) in [7, 11) is 0. The first-order valence-corrected chi connectivity index (χ1v) is 10.5. The normalized spacial score (nSPS) is 16.1. The molecule has 2 aromatic rings. The number of anilines is 1. The minimum atomic E-state index is -0.138. The van der Waals surface area contributed by atoms with Crippen LogP contribution in [-0.2, 0) is 11.3 Å². The summed E-state index contributed by atoms with van der Waals surface area (Å²) >= 11 is 0. The van der Waals surface area contributed by atoms with E-state index in [0.29, 0.717) is 12.5 Å². The molecule has 1 aromatic heterocycles. The molecule has 3 rings (SSSR count). The van der Waals surface area contributed by atoms with Crippen molar-refractivity contribution in [2.45, 2.75) is 53.1 Å². The molecule has 6 nitrogen and oxygen atoms in total. The lowest BCUT2D eigenvalue weighted by atomic mass is 10.1. The summed E-state index contributed by atoms with van der Waals surface area (Å²) in [5, 5.41) is 3.07. The maximum atomic E-state index is 12.6. The van der Waals surface area contributed by atoms with E-state index in [0.717, 1.165) is 49.1 Å². The average molecular weight is 396 g/mol. The molecule has 0 spiro atoms. The van der Waals surface area contributed by atoms with E-state index in [2.05, 4.69) is 71.2 Å². The van der Waals surface area contributed by atoms with Crippen molar-refractivity contribution in [2.24, 2.45) is 0 Å². The van der Waals surface area contributed by atoms with Crippen LogP contribution in [0.1, 0.15) is 49.3 Å². The lowest BCUT2D eigenvalue weighted by molar-refractivity contribution is -0.126. The fourth-order valence-electron chi connectivity index (χ4n) is 3.54. The quantitative estimate of drug-likeness (QED) is 0.815. The van der Waals surface area contributed by atoms with Crippen molar-refractivity contribution in [1.29, 1.82) is 0 Å². The molecular formula is C23H33N5O. The molecule has 1 aromatic carbocycles. The van der Waals surface area contributed by atoms with E-state index in [4.69, 9.17) is 4.98 Å². The number of amides is 1. The van der Waals surface area contributed by atoms with Gasteiger partial charge in [0.15, 0.2) is 0 Å². The minimum absolute atomic E-state index is 0.0824. The van der Waals surface area contributed by atoms with E-state index >= 15 is 0 Å². The second-order valence-corrected chi connectivity index (χ2v) is 8.28. The first-order chi connectivity index (χ1) is 13.8. The third-order valence-corrected chi connectivity index (χ3v) is 5.53. The van der Waals surface area contributed by atoms with Crippen LogP contribution in [0, 0.1) is 13.8 Å². The van der Waals surface area contributed by atoms with E-state index in [-0.39, 0.29) is 11.9 Å². The van der Waals surface area contributed by atoms with Crippen molar-refractivity contribution in [1.82, 2.24) is 20.2 Å². The number of hydrogen-bond acceptors (Lipinski definition) is 5. The largest absolute Gasteiger partial charge is 0.354 e. The first-order valence-electron chi connectivity index (χ1n) is 10.5. The third kappa shape index (κ3) is 5.54. The molecule has 29 heavy (non-hydrogen) atoms. The zero-order chi connectivity index (χ0) is 21.0. The molecular weight excluding hydrogens is 362 g/mol. The molecule has 6 heteroatoms. The zero-order valence-electron chi connectivity index (χ0n) is 18.3. The molecule has 0 aliphatic carbocycles. The summed E-state index contributed by atoms with van der Waals surface area (Å²) in [4.78, 5) is 26.5. The van der Waals surface area contributed by atoms with Crippen LogP contribution in [0.5, 0.6) is 0 Å². The van der Waals surface area contributed by atoms with E-state index in [1.165, 1.54) is 5.56 Å². The Morgan fingerprint density at radius 1 is 1.03 bits per heavy atom. The fourth-order valence-corrected chi connectivity index (χ4v) is 3.54. The van der Waals surface area contributed by atoms with Crippen LogP contribution < -0.4 is 10.2 Å². The number of carbonyl (C=O) groups is 1. The van der Waals surface area contributed by atoms with Crippen molar-refractivity contribution < 1.29 is 4.79 Å². The van der Waals surface area contributed by atoms with Gasteiger partial charge in [-0.1, -0.05) is 43.7 Å². The van der Waals surface area contributed by atoms with Crippen molar-refractivity contribution in [2.75, 3.05) is 31.1 Å². The van der Waals surface area contributed by atoms with Crippen molar-refractivity contribution >= 4 is 11.7 Å². The van der Waals surface area contributed by atoms with Gasteiger partial charge >= 0.3 is 0 Å². The van der Waals surface area contributed by atoms with Crippen LogP contribution in [-0.4, -0.2) is 53.0 Å². The molecule has 1 aliphatic rings. The lowest BCUT2D eigenvalue weighted by Crippen LogP contribution is -2.54. The first kappa shape index (κ1) is 21.2. The molecule has 1 amide bonds. The molecule has 1 N–H and O–H groups in total. The SMILES string of the molecule is Cc1ccc(CNC(=O)[C@H](C)N2CCN(c3cc(C)nc(C(C)C)n3)CC2)cc1. The van der Waals surface area contributed by atoms with Gasteiger partial charge in [-0.3, -0.25) is 9.69 Å². The molecule has 0 saturated carbocycles. The van der Waals surface area contributed by atoms with E-state index < -0.39 is 0 Å². The smallest absolute Gasteiger partial charge is 0.237 e. The number of carbonyl (C=O) groups excluding carboxylic acids is 1. The number of piperazine rings is 1. The highest BCUT2D eigenvalue weighted by Gasteiger charge is 2.26. The summed E-state index contributed by atoms with van der Waals surface area (Å²) in [5.74, 6) is 2.29. The topological polar surface area (TPSA) is 61.4 Å². The minimum Gasteiger partial charge on any atom is -0.354 e. The number of aryl methyl sites for hydroxylation is 2. The molecule has 1 fully saturated rings. The molecule has 156 valence electrons. The van der Waals surface area contributed by atoms with Gasteiger partial charge in [0.1, 0.15) is 11.6 Å². The van der Waals surface area contributed by atoms with Crippen LogP contribution >= 0.6 is 0 Å². The summed E-state index contributed by atoms with van der Waals surface area (Å²) in [5.41, 5.74) is 3.36. The molecule has 2 heterocycles. The maximum Gasteiger partial charge on any atom is 0.237 e. The van der Waals surface area contributed by atoms with Crippen molar-refractivity contribution in [3.8, 4) is 0 Å². The third-order valence-electron chi connectivity index (χ3n) is 5.53. The second-order valence-electron chi connectivity index (χ2n) is 8.28. The highest BCUT2D eigenvalue weighted by Crippen LogP contribution is 2.19. The maximum absolute atomic E-state index is 12.6. The summed E-state index contributed by atoms with van der Waals surface area (Å²) in [6.45, 7) is 14.3. The van der Waals surface area contributed by atoms with Gasteiger partial charge in [-0.2, -0.15) is 0 Å². The van der Waals surface area contributed by atoms with E-state index in [1.807, 2.05) is 13.8 Å². The Morgan fingerprint density at radius 2 is 1.69 bits per heavy atom. The van der Waals surface area contributed by atoms with Gasteiger partial charge in [0.2, 0.25) is 5.91 Å². The van der Waals surface area contributed by atoms with Crippen molar-refractivity contribution in [3.63, 3.8) is 0 Å². The number of nitrogens with zero attached hydrogens (tertiary/aromatic N) is 4.